The van der Waals surface area contributed by atoms with Gasteiger partial charge in [-0.3, -0.25) is 4.68 Å². The minimum absolute atomic E-state index is 0.0825. The summed E-state index contributed by atoms with van der Waals surface area (Å²) in [7, 11) is 2.82. The Morgan fingerprint density at radius 2 is 1.34 bits per heavy atom. The first-order valence-electron chi connectivity index (χ1n) is 11.2. The highest BCUT2D eigenvalue weighted by Gasteiger charge is 2.36. The van der Waals surface area contributed by atoms with Crippen LogP contribution in [0.25, 0.3) is 0 Å². The van der Waals surface area contributed by atoms with Gasteiger partial charge in [-0.2, -0.15) is 26.3 Å². The van der Waals surface area contributed by atoms with Gasteiger partial charge in [-0.05, 0) is 41.5 Å². The number of urea groups is 1. The third kappa shape index (κ3) is 11.4. The molecule has 3 rings (SSSR count). The van der Waals surface area contributed by atoms with E-state index < -0.39 is 23.5 Å². The lowest BCUT2D eigenvalue weighted by Gasteiger charge is -2.23. The first kappa shape index (κ1) is 34.1. The smallest absolute Gasteiger partial charge is 0.380 e. The molecule has 2 aromatic carbocycles. The van der Waals surface area contributed by atoms with E-state index in [0.29, 0.717) is 18.7 Å². The number of hydrogen-bond donors (Lipinski definition) is 1. The number of alkyl halides is 6. The Kier molecular flexibility index (Phi) is 15.0. The number of nitrogens with one attached hydrogen (secondary N) is 1. The third-order valence-corrected chi connectivity index (χ3v) is 4.45. The average Bonchev–Trinajstić information content (AvgIpc) is 3.44. The molecule has 0 aliphatic heterocycles. The molecule has 1 aromatic heterocycles. The van der Waals surface area contributed by atoms with Gasteiger partial charge >= 0.3 is 18.4 Å². The van der Waals surface area contributed by atoms with Crippen LogP contribution in [0.1, 0.15) is 36.1 Å². The summed E-state index contributed by atoms with van der Waals surface area (Å²) < 4.78 is 80.5. The number of nitrogens with zero attached hydrogens (tertiary/aromatic N) is 2. The van der Waals surface area contributed by atoms with Crippen LogP contribution < -0.4 is 10.3 Å². The Labute approximate surface area is 219 Å². The van der Waals surface area contributed by atoms with Crippen molar-refractivity contribution in [2.45, 2.75) is 39.4 Å². The van der Waals surface area contributed by atoms with E-state index in [9.17, 15) is 31.1 Å². The van der Waals surface area contributed by atoms with Crippen LogP contribution in [0, 0.1) is 12.8 Å². The molecule has 11 heteroatoms. The summed E-state index contributed by atoms with van der Waals surface area (Å²) in [6.45, 7) is 4.22. The first-order valence-corrected chi connectivity index (χ1v) is 11.2. The SMILES string of the molecule is C#C.CC.CNC(=O)N(Cc1ccccc1)n1cccc1.COCc1cc(C(F)(F)F)cc(C(F)(F)F)c1. The number of terminal acetylenes is 1. The van der Waals surface area contributed by atoms with Crippen molar-refractivity contribution < 1.29 is 35.9 Å². The van der Waals surface area contributed by atoms with Crippen LogP contribution in [-0.2, 0) is 30.2 Å². The van der Waals surface area contributed by atoms with Crippen molar-refractivity contribution in [3.63, 3.8) is 0 Å². The van der Waals surface area contributed by atoms with E-state index in [2.05, 4.69) is 22.9 Å². The number of rotatable bonds is 5. The van der Waals surface area contributed by atoms with Gasteiger partial charge in [0, 0.05) is 26.6 Å². The molecule has 208 valence electrons. The molecule has 3 aromatic rings. The number of methoxy groups -OCH3 is 1. The summed E-state index contributed by atoms with van der Waals surface area (Å²) in [6.07, 6.45) is 2.06. The van der Waals surface area contributed by atoms with E-state index in [-0.39, 0.29) is 24.3 Å². The zero-order chi connectivity index (χ0) is 29.4. The molecule has 0 aliphatic carbocycles. The lowest BCUT2D eigenvalue weighted by molar-refractivity contribution is -0.143. The molecular formula is C27H31F6N3O2. The molecule has 1 N–H and O–H groups in total. The van der Waals surface area contributed by atoms with Gasteiger partial charge in [-0.25, -0.2) is 9.80 Å². The van der Waals surface area contributed by atoms with Crippen molar-refractivity contribution in [2.75, 3.05) is 19.2 Å². The van der Waals surface area contributed by atoms with Gasteiger partial charge in [0.1, 0.15) is 0 Å². The summed E-state index contributed by atoms with van der Waals surface area (Å²) >= 11 is 0. The molecule has 0 saturated carbocycles. The fourth-order valence-corrected chi connectivity index (χ4v) is 2.90. The molecule has 0 atom stereocenters. The quantitative estimate of drug-likeness (QED) is 0.275. The van der Waals surface area contributed by atoms with E-state index in [1.54, 1.807) is 16.7 Å². The average molecular weight is 544 g/mol. The molecule has 5 nitrogen and oxygen atoms in total. The zero-order valence-corrected chi connectivity index (χ0v) is 21.5. The number of carbonyl (C=O) groups excluding carboxylic acids is 1. The van der Waals surface area contributed by atoms with E-state index in [1.165, 1.54) is 7.11 Å². The molecule has 0 aliphatic rings. The fourth-order valence-electron chi connectivity index (χ4n) is 2.90. The second kappa shape index (κ2) is 16.8. The molecule has 1 heterocycles. The standard InChI is InChI=1S/C13H15N3O.C10H8F6O.C2H6.C2H2/c1-14-13(17)16(15-9-5-6-10-15)11-12-7-3-2-4-8-12;1-17-5-6-2-7(9(11,12)13)4-8(3-6)10(14,15)16;2*1-2/h2-10H,11H2,1H3,(H,14,17);2-4H,5H2,1H3;1-2H3;1-2H. The number of amides is 2. The molecule has 0 fully saturated rings. The summed E-state index contributed by atoms with van der Waals surface area (Å²) in [4.78, 5) is 11.8. The molecule has 0 bridgehead atoms. The maximum atomic E-state index is 12.4. The highest BCUT2D eigenvalue weighted by atomic mass is 19.4. The van der Waals surface area contributed by atoms with Gasteiger partial charge in [-0.15, -0.1) is 12.8 Å². The minimum Gasteiger partial charge on any atom is -0.380 e. The third-order valence-electron chi connectivity index (χ3n) is 4.45. The topological polar surface area (TPSA) is 46.5 Å². The van der Waals surface area contributed by atoms with Gasteiger partial charge in [0.25, 0.3) is 0 Å². The van der Waals surface area contributed by atoms with E-state index in [4.69, 9.17) is 0 Å². The Hall–Kier alpha value is -3.91. The van der Waals surface area contributed by atoms with Crippen LogP contribution in [0.2, 0.25) is 0 Å². The Morgan fingerprint density at radius 3 is 1.74 bits per heavy atom. The molecule has 0 radical (unpaired) electrons. The summed E-state index contributed by atoms with van der Waals surface area (Å²) in [5.74, 6) is 0. The normalized spacial score (nSPS) is 10.4. The van der Waals surface area contributed by atoms with Gasteiger partial charge < -0.3 is 10.1 Å². The highest BCUT2D eigenvalue weighted by Crippen LogP contribution is 2.36. The van der Waals surface area contributed by atoms with Crippen LogP contribution in [0.4, 0.5) is 31.1 Å². The lowest BCUT2D eigenvalue weighted by Crippen LogP contribution is -2.44. The van der Waals surface area contributed by atoms with Crippen LogP contribution in [0.5, 0.6) is 0 Å². The van der Waals surface area contributed by atoms with Gasteiger partial charge in [0.2, 0.25) is 0 Å². The van der Waals surface area contributed by atoms with Crippen molar-refractivity contribution in [3.05, 3.63) is 95.3 Å². The van der Waals surface area contributed by atoms with Gasteiger partial charge in [0.15, 0.2) is 0 Å². The van der Waals surface area contributed by atoms with Crippen molar-refractivity contribution in [2.24, 2.45) is 0 Å². The monoisotopic (exact) mass is 543 g/mol. The van der Waals surface area contributed by atoms with E-state index >= 15 is 0 Å². The predicted octanol–water partition coefficient (Wildman–Crippen LogP) is 7.11. The maximum Gasteiger partial charge on any atom is 0.416 e. The van der Waals surface area contributed by atoms with Gasteiger partial charge in [-0.1, -0.05) is 44.2 Å². The van der Waals surface area contributed by atoms with Crippen molar-refractivity contribution >= 4 is 6.03 Å². The van der Waals surface area contributed by atoms with Crippen molar-refractivity contribution in [1.82, 2.24) is 9.99 Å². The largest absolute Gasteiger partial charge is 0.416 e. The predicted molar refractivity (Wildman–Crippen MR) is 136 cm³/mol. The van der Waals surface area contributed by atoms with E-state index in [1.807, 2.05) is 68.7 Å². The Morgan fingerprint density at radius 1 is 0.868 bits per heavy atom. The lowest BCUT2D eigenvalue weighted by atomic mass is 10.1. The number of benzene rings is 2. The maximum absolute atomic E-state index is 12.4. The number of hydrogen-bond acceptors (Lipinski definition) is 2. The minimum atomic E-state index is -4.82. The van der Waals surface area contributed by atoms with E-state index in [0.717, 1.165) is 5.56 Å². The van der Waals surface area contributed by atoms with Crippen LogP contribution in [-0.4, -0.2) is 24.9 Å². The molecule has 0 spiro atoms. The van der Waals surface area contributed by atoms with Gasteiger partial charge in [0.05, 0.1) is 24.3 Å². The Bertz CT molecular complexity index is 1050. The number of carbonyl (C=O) groups is 1. The molecule has 0 saturated heterocycles. The van der Waals surface area contributed by atoms with Crippen molar-refractivity contribution in [1.29, 1.82) is 0 Å². The van der Waals surface area contributed by atoms with Crippen molar-refractivity contribution in [3.8, 4) is 12.8 Å². The highest BCUT2D eigenvalue weighted by molar-refractivity contribution is 5.83. The second-order valence-electron chi connectivity index (χ2n) is 7.01. The summed E-state index contributed by atoms with van der Waals surface area (Å²) in [5, 5.41) is 4.27. The van der Waals surface area contributed by atoms with Crippen LogP contribution >= 0.6 is 0 Å². The summed E-state index contributed by atoms with van der Waals surface area (Å²) in [5.41, 5.74) is -1.75. The zero-order valence-electron chi connectivity index (χ0n) is 21.5. The van der Waals surface area contributed by atoms with Crippen LogP contribution in [0.3, 0.4) is 0 Å². The number of ether oxygens (including phenoxy) is 1. The molecular weight excluding hydrogens is 512 g/mol. The van der Waals surface area contributed by atoms with Crippen LogP contribution in [0.15, 0.2) is 73.1 Å². The molecule has 38 heavy (non-hydrogen) atoms. The Balaban J connectivity index is 0.000000637. The first-order chi connectivity index (χ1) is 18.0. The number of aromatic nitrogens is 1. The number of halogens is 6. The second-order valence-corrected chi connectivity index (χ2v) is 7.01. The summed E-state index contributed by atoms with van der Waals surface area (Å²) in [6, 6.07) is 14.9. The molecule has 0 unspecified atom stereocenters. The molecule has 2 amide bonds. The fraction of sp³-hybridized carbons (Fsp3) is 0.296.